The van der Waals surface area contributed by atoms with Crippen LogP contribution in [0.25, 0.3) is 0 Å². The summed E-state index contributed by atoms with van der Waals surface area (Å²) in [5.74, 6) is 0. The van der Waals surface area contributed by atoms with E-state index in [1.807, 2.05) is 0 Å². The topological polar surface area (TPSA) is 56.0 Å². The van der Waals surface area contributed by atoms with Crippen molar-refractivity contribution < 1.29 is 26.7 Å². The van der Waals surface area contributed by atoms with Crippen LogP contribution in [0.2, 0.25) is 0 Å². The summed E-state index contributed by atoms with van der Waals surface area (Å²) in [6.45, 7) is -0.779. The maximum Gasteiger partial charge on any atom is 0.416 e. The highest BCUT2D eigenvalue weighted by Gasteiger charge is 2.36. The minimum absolute atomic E-state index is 0.309. The number of pyridine rings is 1. The Hall–Kier alpha value is -1.28. The Kier molecular flexibility index (Phi) is 4.23. The molecule has 0 spiro atoms. The Balaban J connectivity index is 3.62. The molecule has 0 fully saturated rings. The van der Waals surface area contributed by atoms with E-state index >= 15 is 0 Å². The van der Waals surface area contributed by atoms with Gasteiger partial charge in [-0.05, 0) is 17.7 Å². The van der Waals surface area contributed by atoms with E-state index in [4.69, 9.17) is 17.3 Å². The van der Waals surface area contributed by atoms with Gasteiger partial charge in [0.1, 0.15) is 11.4 Å². The van der Waals surface area contributed by atoms with Gasteiger partial charge in [0, 0.05) is 12.1 Å². The van der Waals surface area contributed by atoms with Gasteiger partial charge in [-0.1, -0.05) is 0 Å². The van der Waals surface area contributed by atoms with E-state index in [9.17, 15) is 26.7 Å². The van der Waals surface area contributed by atoms with Gasteiger partial charge in [-0.2, -0.15) is 13.2 Å². The van der Waals surface area contributed by atoms with Crippen molar-refractivity contribution in [1.29, 1.82) is 0 Å². The molecule has 1 aromatic heterocycles. The van der Waals surface area contributed by atoms with Crippen molar-refractivity contribution in [3.8, 4) is 0 Å². The predicted molar refractivity (Wildman–Crippen MR) is 52.3 cm³/mol. The number of hydrogen-bond donors (Lipinski definition) is 1. The molecule has 0 unspecified atom stereocenters. The summed E-state index contributed by atoms with van der Waals surface area (Å²) in [5, 5.41) is -1.36. The van der Waals surface area contributed by atoms with Crippen LogP contribution in [0.3, 0.4) is 0 Å². The minimum atomic E-state index is -4.93. The second-order valence-electron chi connectivity index (χ2n) is 3.20. The van der Waals surface area contributed by atoms with Crippen LogP contribution in [0, 0.1) is 0 Å². The zero-order chi connectivity index (χ0) is 14.1. The van der Waals surface area contributed by atoms with Crippen LogP contribution in [0.15, 0.2) is 6.07 Å². The summed E-state index contributed by atoms with van der Waals surface area (Å²) < 4.78 is 63.1. The van der Waals surface area contributed by atoms with Gasteiger partial charge in [0.2, 0.25) is 0 Å². The number of hydrogen-bond acceptors (Lipinski definition) is 3. The molecular weight excluding hydrogens is 283 g/mol. The lowest BCUT2D eigenvalue weighted by Gasteiger charge is -2.15. The average Bonchev–Trinajstić information content (AvgIpc) is 2.25. The molecule has 0 aliphatic carbocycles. The second-order valence-corrected chi connectivity index (χ2v) is 3.54. The zero-order valence-corrected chi connectivity index (χ0v) is 9.32. The maximum atomic E-state index is 12.6. The van der Waals surface area contributed by atoms with Gasteiger partial charge in [-0.25, -0.2) is 13.8 Å². The third-order valence-corrected chi connectivity index (χ3v) is 2.27. The third kappa shape index (κ3) is 2.94. The fourth-order valence-corrected chi connectivity index (χ4v) is 1.44. The van der Waals surface area contributed by atoms with E-state index in [-0.39, 0.29) is 0 Å². The van der Waals surface area contributed by atoms with E-state index in [2.05, 4.69) is 4.98 Å². The molecule has 3 nitrogen and oxygen atoms in total. The number of carbonyl (C=O) groups excluding carboxylic acids is 1. The SMILES string of the molecule is NCc1c(C(F)(F)F)cc(C(=O)Cl)nc1C(F)F. The van der Waals surface area contributed by atoms with Crippen molar-refractivity contribution in [1.82, 2.24) is 4.98 Å². The van der Waals surface area contributed by atoms with Crippen LogP contribution in [-0.2, 0) is 12.7 Å². The summed E-state index contributed by atoms with van der Waals surface area (Å²) in [4.78, 5) is 13.9. The lowest BCUT2D eigenvalue weighted by Crippen LogP contribution is -2.18. The van der Waals surface area contributed by atoms with Crippen molar-refractivity contribution in [2.24, 2.45) is 5.73 Å². The largest absolute Gasteiger partial charge is 0.416 e. The molecule has 0 bridgehead atoms. The molecule has 18 heavy (non-hydrogen) atoms. The zero-order valence-electron chi connectivity index (χ0n) is 8.56. The Bertz CT molecular complexity index is 475. The third-order valence-electron chi connectivity index (χ3n) is 2.07. The Labute approximate surface area is 103 Å². The van der Waals surface area contributed by atoms with Gasteiger partial charge in [0.15, 0.2) is 0 Å². The maximum absolute atomic E-state index is 12.6. The smallest absolute Gasteiger partial charge is 0.326 e. The van der Waals surface area contributed by atoms with E-state index in [0.29, 0.717) is 6.07 Å². The summed E-state index contributed by atoms with van der Waals surface area (Å²) >= 11 is 4.95. The molecule has 1 heterocycles. The van der Waals surface area contributed by atoms with Crippen LogP contribution < -0.4 is 5.73 Å². The van der Waals surface area contributed by atoms with Crippen molar-refractivity contribution in [3.05, 3.63) is 28.6 Å². The molecule has 100 valence electrons. The monoisotopic (exact) mass is 288 g/mol. The molecule has 9 heteroatoms. The molecular formula is C9H6ClF5N2O. The van der Waals surface area contributed by atoms with Gasteiger partial charge in [-0.3, -0.25) is 4.79 Å². The first kappa shape index (κ1) is 14.8. The van der Waals surface area contributed by atoms with Crippen LogP contribution in [-0.4, -0.2) is 10.2 Å². The van der Waals surface area contributed by atoms with Gasteiger partial charge in [0.05, 0.1) is 5.56 Å². The first-order chi connectivity index (χ1) is 8.18. The lowest BCUT2D eigenvalue weighted by atomic mass is 10.0. The first-order valence-electron chi connectivity index (χ1n) is 4.47. The predicted octanol–water partition coefficient (Wildman–Crippen LogP) is 2.88. The highest BCUT2D eigenvalue weighted by molar-refractivity contribution is 6.67. The first-order valence-corrected chi connectivity index (χ1v) is 4.85. The molecule has 1 aromatic rings. The summed E-state index contributed by atoms with van der Waals surface area (Å²) in [7, 11) is 0. The summed E-state index contributed by atoms with van der Waals surface area (Å²) in [6.07, 6.45) is -8.22. The lowest BCUT2D eigenvalue weighted by molar-refractivity contribution is -0.138. The average molecular weight is 289 g/mol. The van der Waals surface area contributed by atoms with Crippen LogP contribution >= 0.6 is 11.6 Å². The molecule has 1 rings (SSSR count). The van der Waals surface area contributed by atoms with E-state index in [0.717, 1.165) is 0 Å². The van der Waals surface area contributed by atoms with E-state index in [1.54, 1.807) is 0 Å². The number of rotatable bonds is 3. The highest BCUT2D eigenvalue weighted by atomic mass is 35.5. The fraction of sp³-hybridized carbons (Fsp3) is 0.333. The van der Waals surface area contributed by atoms with Crippen LogP contribution in [0.1, 0.15) is 33.7 Å². The van der Waals surface area contributed by atoms with E-state index in [1.165, 1.54) is 0 Å². The molecule has 0 aromatic carbocycles. The van der Waals surface area contributed by atoms with Crippen LogP contribution in [0.5, 0.6) is 0 Å². The van der Waals surface area contributed by atoms with Crippen molar-refractivity contribution in [2.45, 2.75) is 19.1 Å². The molecule has 0 aliphatic rings. The summed E-state index contributed by atoms with van der Waals surface area (Å²) in [5.41, 5.74) is 0.666. The minimum Gasteiger partial charge on any atom is -0.326 e. The molecule has 0 atom stereocenters. The Morgan fingerprint density at radius 1 is 1.44 bits per heavy atom. The van der Waals surface area contributed by atoms with E-state index < -0.39 is 46.9 Å². The van der Waals surface area contributed by atoms with Gasteiger partial charge >= 0.3 is 6.18 Å². The normalized spacial score (nSPS) is 12.0. The molecule has 0 aliphatic heterocycles. The van der Waals surface area contributed by atoms with Crippen molar-refractivity contribution in [2.75, 3.05) is 0 Å². The van der Waals surface area contributed by atoms with Crippen molar-refractivity contribution in [3.63, 3.8) is 0 Å². The van der Waals surface area contributed by atoms with Gasteiger partial charge in [0.25, 0.3) is 11.7 Å². The fourth-order valence-electron chi connectivity index (χ4n) is 1.34. The highest BCUT2D eigenvalue weighted by Crippen LogP contribution is 2.36. The number of alkyl halides is 5. The van der Waals surface area contributed by atoms with Crippen molar-refractivity contribution >= 4 is 16.8 Å². The molecule has 0 saturated carbocycles. The molecule has 0 amide bonds. The van der Waals surface area contributed by atoms with Gasteiger partial charge in [-0.15, -0.1) is 0 Å². The van der Waals surface area contributed by atoms with Crippen LogP contribution in [0.4, 0.5) is 22.0 Å². The quantitative estimate of drug-likeness (QED) is 0.687. The number of halogens is 6. The molecule has 2 N–H and O–H groups in total. The summed E-state index contributed by atoms with van der Waals surface area (Å²) in [6, 6.07) is 0.309. The molecule has 0 radical (unpaired) electrons. The Morgan fingerprint density at radius 3 is 2.33 bits per heavy atom. The number of carbonyl (C=O) groups is 1. The standard InChI is InChI=1S/C9H6ClF5N2O/c10-7(18)5-1-4(9(13,14)15)3(2-16)6(17-5)8(11)12/h1,8H,2,16H2. The van der Waals surface area contributed by atoms with Gasteiger partial charge < -0.3 is 5.73 Å². The Morgan fingerprint density at radius 2 is 2.00 bits per heavy atom. The number of nitrogens with two attached hydrogens (primary N) is 1. The molecule has 0 saturated heterocycles. The second kappa shape index (κ2) is 5.15. The number of nitrogens with zero attached hydrogens (tertiary/aromatic N) is 1. The number of aromatic nitrogens is 1.